The van der Waals surface area contributed by atoms with Crippen LogP contribution in [0.25, 0.3) is 0 Å². The van der Waals surface area contributed by atoms with E-state index in [1.54, 1.807) is 13.2 Å². The SMILES string of the molecule is COC(C)COc1cc(F)ccc1[C@@H](C)N. The Morgan fingerprint density at radius 2 is 2.06 bits per heavy atom. The summed E-state index contributed by atoms with van der Waals surface area (Å²) < 4.78 is 23.6. The molecule has 3 nitrogen and oxygen atoms in total. The molecule has 0 heterocycles. The van der Waals surface area contributed by atoms with Crippen LogP contribution in [-0.2, 0) is 4.74 Å². The molecule has 1 aromatic carbocycles. The molecule has 1 aromatic rings. The van der Waals surface area contributed by atoms with Crippen molar-refractivity contribution < 1.29 is 13.9 Å². The Balaban J connectivity index is 2.80. The number of halogens is 1. The van der Waals surface area contributed by atoms with Crippen molar-refractivity contribution in [2.24, 2.45) is 5.73 Å². The van der Waals surface area contributed by atoms with Crippen molar-refractivity contribution in [1.29, 1.82) is 0 Å². The van der Waals surface area contributed by atoms with E-state index in [0.717, 1.165) is 5.56 Å². The summed E-state index contributed by atoms with van der Waals surface area (Å²) in [5.74, 6) is 0.156. The molecule has 16 heavy (non-hydrogen) atoms. The Morgan fingerprint density at radius 1 is 1.38 bits per heavy atom. The average molecular weight is 227 g/mol. The number of hydrogen-bond acceptors (Lipinski definition) is 3. The molecule has 2 N–H and O–H groups in total. The molecule has 0 bridgehead atoms. The molecule has 0 aliphatic heterocycles. The summed E-state index contributed by atoms with van der Waals surface area (Å²) in [5.41, 5.74) is 6.57. The van der Waals surface area contributed by atoms with Gasteiger partial charge in [0.25, 0.3) is 0 Å². The quantitative estimate of drug-likeness (QED) is 0.839. The van der Waals surface area contributed by atoms with E-state index in [4.69, 9.17) is 15.2 Å². The van der Waals surface area contributed by atoms with Gasteiger partial charge in [0.15, 0.2) is 0 Å². The van der Waals surface area contributed by atoms with Crippen LogP contribution in [0.15, 0.2) is 18.2 Å². The Kier molecular flexibility index (Phi) is 4.71. The van der Waals surface area contributed by atoms with Gasteiger partial charge in [-0.1, -0.05) is 6.07 Å². The number of ether oxygens (including phenoxy) is 2. The van der Waals surface area contributed by atoms with Gasteiger partial charge >= 0.3 is 0 Å². The van der Waals surface area contributed by atoms with Crippen LogP contribution in [0.5, 0.6) is 5.75 Å². The molecule has 0 aromatic heterocycles. The van der Waals surface area contributed by atoms with E-state index in [9.17, 15) is 4.39 Å². The van der Waals surface area contributed by atoms with Gasteiger partial charge in [0, 0.05) is 24.8 Å². The predicted molar refractivity (Wildman–Crippen MR) is 61.0 cm³/mol. The lowest BCUT2D eigenvalue weighted by molar-refractivity contribution is 0.0711. The first kappa shape index (κ1) is 12.9. The lowest BCUT2D eigenvalue weighted by Gasteiger charge is -2.16. The van der Waals surface area contributed by atoms with E-state index in [-0.39, 0.29) is 18.0 Å². The standard InChI is InChI=1S/C12H18FNO2/c1-8(15-3)7-16-12-6-10(13)4-5-11(12)9(2)14/h4-6,8-9H,7,14H2,1-3H3/t8?,9-/m1/s1. The van der Waals surface area contributed by atoms with Gasteiger partial charge in [-0.05, 0) is 19.9 Å². The van der Waals surface area contributed by atoms with Crippen LogP contribution < -0.4 is 10.5 Å². The highest BCUT2D eigenvalue weighted by Gasteiger charge is 2.10. The van der Waals surface area contributed by atoms with Crippen LogP contribution in [0.2, 0.25) is 0 Å². The van der Waals surface area contributed by atoms with E-state index in [2.05, 4.69) is 0 Å². The van der Waals surface area contributed by atoms with Crippen molar-refractivity contribution in [3.8, 4) is 5.75 Å². The number of rotatable bonds is 5. The molecule has 0 aliphatic rings. The van der Waals surface area contributed by atoms with Crippen molar-refractivity contribution in [2.45, 2.75) is 26.0 Å². The first-order valence-corrected chi connectivity index (χ1v) is 5.25. The summed E-state index contributed by atoms with van der Waals surface area (Å²) in [5, 5.41) is 0. The largest absolute Gasteiger partial charge is 0.490 e. The second kappa shape index (κ2) is 5.82. The molecule has 0 saturated carbocycles. The molecule has 0 fully saturated rings. The van der Waals surface area contributed by atoms with Crippen molar-refractivity contribution in [3.05, 3.63) is 29.6 Å². The van der Waals surface area contributed by atoms with Gasteiger partial charge in [-0.3, -0.25) is 0 Å². The molecule has 0 radical (unpaired) electrons. The molecule has 2 atom stereocenters. The summed E-state index contributed by atoms with van der Waals surface area (Å²) in [6.45, 7) is 4.09. The first-order chi connectivity index (χ1) is 7.54. The zero-order chi connectivity index (χ0) is 12.1. The molecule has 0 amide bonds. The van der Waals surface area contributed by atoms with Crippen molar-refractivity contribution in [1.82, 2.24) is 0 Å². The fraction of sp³-hybridized carbons (Fsp3) is 0.500. The van der Waals surface area contributed by atoms with Crippen LogP contribution >= 0.6 is 0 Å². The third-order valence-corrected chi connectivity index (χ3v) is 2.34. The summed E-state index contributed by atoms with van der Waals surface area (Å²) in [6, 6.07) is 4.19. The van der Waals surface area contributed by atoms with Crippen LogP contribution in [0.3, 0.4) is 0 Å². The van der Waals surface area contributed by atoms with E-state index >= 15 is 0 Å². The normalized spacial score (nSPS) is 14.6. The number of nitrogens with two attached hydrogens (primary N) is 1. The summed E-state index contributed by atoms with van der Waals surface area (Å²) in [4.78, 5) is 0. The molecule has 0 saturated heterocycles. The zero-order valence-electron chi connectivity index (χ0n) is 9.87. The highest BCUT2D eigenvalue weighted by atomic mass is 19.1. The van der Waals surface area contributed by atoms with Gasteiger partial charge in [0.2, 0.25) is 0 Å². The van der Waals surface area contributed by atoms with Crippen molar-refractivity contribution in [2.75, 3.05) is 13.7 Å². The predicted octanol–water partition coefficient (Wildman–Crippen LogP) is 2.26. The zero-order valence-corrected chi connectivity index (χ0v) is 9.87. The maximum absolute atomic E-state index is 13.1. The summed E-state index contributed by atoms with van der Waals surface area (Å²) in [6.07, 6.45) is -0.0378. The Labute approximate surface area is 95.4 Å². The van der Waals surface area contributed by atoms with Gasteiger partial charge in [-0.15, -0.1) is 0 Å². The minimum Gasteiger partial charge on any atom is -0.490 e. The van der Waals surface area contributed by atoms with Crippen molar-refractivity contribution in [3.63, 3.8) is 0 Å². The van der Waals surface area contributed by atoms with Crippen LogP contribution in [0, 0.1) is 5.82 Å². The van der Waals surface area contributed by atoms with Gasteiger partial charge in [-0.25, -0.2) is 4.39 Å². The summed E-state index contributed by atoms with van der Waals surface area (Å²) >= 11 is 0. The maximum atomic E-state index is 13.1. The van der Waals surface area contributed by atoms with Gasteiger partial charge in [0.1, 0.15) is 18.2 Å². The Morgan fingerprint density at radius 3 is 2.62 bits per heavy atom. The molecule has 90 valence electrons. The third-order valence-electron chi connectivity index (χ3n) is 2.34. The maximum Gasteiger partial charge on any atom is 0.127 e. The Bertz CT molecular complexity index is 342. The van der Waals surface area contributed by atoms with Crippen molar-refractivity contribution >= 4 is 0 Å². The molecule has 1 unspecified atom stereocenters. The highest BCUT2D eigenvalue weighted by molar-refractivity contribution is 5.36. The minimum absolute atomic E-state index is 0.0378. The first-order valence-electron chi connectivity index (χ1n) is 5.25. The number of methoxy groups -OCH3 is 1. The second-order valence-corrected chi connectivity index (χ2v) is 3.83. The van der Waals surface area contributed by atoms with E-state index in [0.29, 0.717) is 12.4 Å². The molecular formula is C12H18FNO2. The summed E-state index contributed by atoms with van der Waals surface area (Å²) in [7, 11) is 1.60. The monoisotopic (exact) mass is 227 g/mol. The fourth-order valence-corrected chi connectivity index (χ4v) is 1.28. The number of hydrogen-bond donors (Lipinski definition) is 1. The van der Waals surface area contributed by atoms with Crippen LogP contribution in [0.4, 0.5) is 4.39 Å². The molecule has 0 aliphatic carbocycles. The van der Waals surface area contributed by atoms with Crippen LogP contribution in [-0.4, -0.2) is 19.8 Å². The smallest absolute Gasteiger partial charge is 0.127 e. The van der Waals surface area contributed by atoms with Gasteiger partial charge < -0.3 is 15.2 Å². The second-order valence-electron chi connectivity index (χ2n) is 3.83. The minimum atomic E-state index is -0.329. The lowest BCUT2D eigenvalue weighted by Crippen LogP contribution is -2.17. The average Bonchev–Trinajstić information content (AvgIpc) is 2.25. The number of benzene rings is 1. The Hall–Kier alpha value is -1.13. The van der Waals surface area contributed by atoms with Gasteiger partial charge in [-0.2, -0.15) is 0 Å². The highest BCUT2D eigenvalue weighted by Crippen LogP contribution is 2.24. The lowest BCUT2D eigenvalue weighted by atomic mass is 10.1. The fourth-order valence-electron chi connectivity index (χ4n) is 1.28. The molecule has 1 rings (SSSR count). The molecule has 4 heteroatoms. The van der Waals surface area contributed by atoms with E-state index in [1.807, 2.05) is 13.8 Å². The van der Waals surface area contributed by atoms with Crippen LogP contribution in [0.1, 0.15) is 25.5 Å². The van der Waals surface area contributed by atoms with Gasteiger partial charge in [0.05, 0.1) is 6.10 Å². The van der Waals surface area contributed by atoms with E-state index in [1.165, 1.54) is 12.1 Å². The molecular weight excluding hydrogens is 209 g/mol. The van der Waals surface area contributed by atoms with E-state index < -0.39 is 0 Å². The molecule has 0 spiro atoms. The topological polar surface area (TPSA) is 44.5 Å². The third kappa shape index (κ3) is 3.47.